The summed E-state index contributed by atoms with van der Waals surface area (Å²) in [7, 11) is -3.28. The van der Waals surface area contributed by atoms with Gasteiger partial charge in [-0.2, -0.15) is 0 Å². The van der Waals surface area contributed by atoms with Crippen LogP contribution >= 0.6 is 11.6 Å². The summed E-state index contributed by atoms with van der Waals surface area (Å²) in [5.41, 5.74) is 0.374. The fraction of sp³-hybridized carbons (Fsp3) is 0.538. The average molecular weight is 336 g/mol. The standard InChI is InChI=1S/C13H18ClNO5S/c1-13(2,3)21(18,19)7-6-20-12-5-4-11(15(16)17)8-10(12)9-14/h4-5,8H,6-7,9H2,1-3H3. The highest BCUT2D eigenvalue weighted by Gasteiger charge is 2.28. The third kappa shape index (κ3) is 4.57. The number of hydrogen-bond acceptors (Lipinski definition) is 5. The van der Waals surface area contributed by atoms with Crippen LogP contribution in [0, 0.1) is 10.1 Å². The van der Waals surface area contributed by atoms with Gasteiger partial charge in [-0.05, 0) is 26.8 Å². The van der Waals surface area contributed by atoms with Gasteiger partial charge in [0.1, 0.15) is 12.4 Å². The number of halogens is 1. The normalized spacial score (nSPS) is 12.2. The van der Waals surface area contributed by atoms with Crippen LogP contribution in [-0.2, 0) is 15.7 Å². The Morgan fingerprint density at radius 2 is 1.95 bits per heavy atom. The summed E-state index contributed by atoms with van der Waals surface area (Å²) < 4.78 is 28.5. The molecule has 21 heavy (non-hydrogen) atoms. The highest BCUT2D eigenvalue weighted by molar-refractivity contribution is 7.92. The lowest BCUT2D eigenvalue weighted by Gasteiger charge is -2.19. The molecule has 0 bridgehead atoms. The monoisotopic (exact) mass is 335 g/mol. The summed E-state index contributed by atoms with van der Waals surface area (Å²) in [6.07, 6.45) is 0. The summed E-state index contributed by atoms with van der Waals surface area (Å²) in [6.45, 7) is 4.84. The Morgan fingerprint density at radius 1 is 1.33 bits per heavy atom. The number of ether oxygens (including phenoxy) is 1. The van der Waals surface area contributed by atoms with E-state index in [0.29, 0.717) is 11.3 Å². The number of alkyl halides is 1. The molecule has 8 heteroatoms. The average Bonchev–Trinajstić information content (AvgIpc) is 2.37. The Labute approximate surface area is 129 Å². The first kappa shape index (κ1) is 17.7. The molecular weight excluding hydrogens is 318 g/mol. The molecule has 0 aliphatic heterocycles. The van der Waals surface area contributed by atoms with E-state index in [-0.39, 0.29) is 23.9 Å². The minimum absolute atomic E-state index is 0.0265. The van der Waals surface area contributed by atoms with Gasteiger partial charge in [0.25, 0.3) is 5.69 Å². The van der Waals surface area contributed by atoms with E-state index in [9.17, 15) is 18.5 Å². The van der Waals surface area contributed by atoms with Crippen molar-refractivity contribution in [1.82, 2.24) is 0 Å². The second-order valence-electron chi connectivity index (χ2n) is 5.46. The molecule has 1 aromatic carbocycles. The van der Waals surface area contributed by atoms with E-state index in [2.05, 4.69) is 0 Å². The number of benzene rings is 1. The maximum atomic E-state index is 11.9. The second kappa shape index (κ2) is 6.62. The fourth-order valence-electron chi connectivity index (χ4n) is 1.49. The van der Waals surface area contributed by atoms with Crippen molar-refractivity contribution in [3.8, 4) is 5.75 Å². The van der Waals surface area contributed by atoms with E-state index in [4.69, 9.17) is 16.3 Å². The van der Waals surface area contributed by atoms with Gasteiger partial charge in [-0.3, -0.25) is 10.1 Å². The van der Waals surface area contributed by atoms with E-state index in [1.165, 1.54) is 18.2 Å². The number of nitro benzene ring substituents is 1. The van der Waals surface area contributed by atoms with Crippen LogP contribution in [0.1, 0.15) is 26.3 Å². The molecule has 0 heterocycles. The highest BCUT2D eigenvalue weighted by atomic mass is 35.5. The molecule has 0 atom stereocenters. The molecule has 0 saturated carbocycles. The summed E-state index contributed by atoms with van der Waals surface area (Å²) in [4.78, 5) is 10.2. The zero-order valence-electron chi connectivity index (χ0n) is 12.1. The lowest BCUT2D eigenvalue weighted by Crippen LogP contribution is -2.32. The SMILES string of the molecule is CC(C)(C)S(=O)(=O)CCOc1ccc([N+](=O)[O-])cc1CCl. The predicted molar refractivity (Wildman–Crippen MR) is 81.7 cm³/mol. The first-order chi connectivity index (χ1) is 9.58. The lowest BCUT2D eigenvalue weighted by atomic mass is 10.2. The fourth-order valence-corrected chi connectivity index (χ4v) is 2.62. The lowest BCUT2D eigenvalue weighted by molar-refractivity contribution is -0.384. The van der Waals surface area contributed by atoms with Crippen LogP contribution in [0.15, 0.2) is 18.2 Å². The van der Waals surface area contributed by atoms with Gasteiger partial charge < -0.3 is 4.74 Å². The molecule has 0 spiro atoms. The maximum absolute atomic E-state index is 11.9. The van der Waals surface area contributed by atoms with Crippen molar-refractivity contribution in [3.63, 3.8) is 0 Å². The number of hydrogen-bond donors (Lipinski definition) is 0. The number of rotatable bonds is 6. The molecule has 1 aromatic rings. The van der Waals surface area contributed by atoms with Gasteiger partial charge in [0.15, 0.2) is 9.84 Å². The Hall–Kier alpha value is -1.34. The van der Waals surface area contributed by atoms with Gasteiger partial charge in [0.05, 0.1) is 21.3 Å². The molecule has 0 N–H and O–H groups in total. The predicted octanol–water partition coefficient (Wildman–Crippen LogP) is 2.93. The summed E-state index contributed by atoms with van der Waals surface area (Å²) in [5.74, 6) is 0.276. The molecule has 0 radical (unpaired) electrons. The number of sulfone groups is 1. The maximum Gasteiger partial charge on any atom is 0.270 e. The second-order valence-corrected chi connectivity index (χ2v) is 8.59. The van der Waals surface area contributed by atoms with Gasteiger partial charge in [0.2, 0.25) is 0 Å². The van der Waals surface area contributed by atoms with Crippen LogP contribution in [0.25, 0.3) is 0 Å². The zero-order chi connectivity index (χ0) is 16.3. The van der Waals surface area contributed by atoms with E-state index < -0.39 is 19.5 Å². The topological polar surface area (TPSA) is 86.5 Å². The Morgan fingerprint density at radius 3 is 2.43 bits per heavy atom. The molecule has 0 aliphatic carbocycles. The molecule has 0 aliphatic rings. The molecule has 118 valence electrons. The van der Waals surface area contributed by atoms with Crippen LogP contribution in [0.3, 0.4) is 0 Å². The minimum Gasteiger partial charge on any atom is -0.492 e. The largest absolute Gasteiger partial charge is 0.492 e. The van der Waals surface area contributed by atoms with Crippen molar-refractivity contribution in [3.05, 3.63) is 33.9 Å². The summed E-state index contributed by atoms with van der Waals surface area (Å²) in [5, 5.41) is 10.7. The Balaban J connectivity index is 2.79. The Bertz CT molecular complexity index is 622. The Kier molecular flexibility index (Phi) is 5.58. The van der Waals surface area contributed by atoms with Crippen LogP contribution < -0.4 is 4.74 Å². The van der Waals surface area contributed by atoms with Crippen molar-refractivity contribution >= 4 is 27.1 Å². The van der Waals surface area contributed by atoms with Gasteiger partial charge in [-0.25, -0.2) is 8.42 Å². The van der Waals surface area contributed by atoms with E-state index >= 15 is 0 Å². The third-order valence-electron chi connectivity index (χ3n) is 2.94. The van der Waals surface area contributed by atoms with E-state index in [1.807, 2.05) is 0 Å². The molecule has 0 aromatic heterocycles. The van der Waals surface area contributed by atoms with Gasteiger partial charge in [0, 0.05) is 17.7 Å². The molecule has 1 rings (SSSR count). The zero-order valence-corrected chi connectivity index (χ0v) is 13.7. The quantitative estimate of drug-likeness (QED) is 0.453. The molecule has 0 unspecified atom stereocenters. The molecular formula is C13H18ClNO5S. The molecule has 6 nitrogen and oxygen atoms in total. The van der Waals surface area contributed by atoms with Crippen LogP contribution in [0.2, 0.25) is 0 Å². The van der Waals surface area contributed by atoms with Crippen molar-refractivity contribution in [2.45, 2.75) is 31.4 Å². The third-order valence-corrected chi connectivity index (χ3v) is 5.80. The number of non-ortho nitro benzene ring substituents is 1. The van der Waals surface area contributed by atoms with Crippen molar-refractivity contribution in [1.29, 1.82) is 0 Å². The number of nitro groups is 1. The molecule has 0 amide bonds. The van der Waals surface area contributed by atoms with Crippen LogP contribution in [0.4, 0.5) is 5.69 Å². The van der Waals surface area contributed by atoms with E-state index in [0.717, 1.165) is 0 Å². The molecule has 0 saturated heterocycles. The van der Waals surface area contributed by atoms with Gasteiger partial charge in [-0.1, -0.05) is 0 Å². The summed E-state index contributed by atoms with van der Waals surface area (Å²) >= 11 is 5.73. The van der Waals surface area contributed by atoms with Crippen LogP contribution in [-0.4, -0.2) is 30.4 Å². The van der Waals surface area contributed by atoms with Crippen LogP contribution in [0.5, 0.6) is 5.75 Å². The van der Waals surface area contributed by atoms with Gasteiger partial charge >= 0.3 is 0 Å². The van der Waals surface area contributed by atoms with Crippen molar-refractivity contribution in [2.24, 2.45) is 0 Å². The number of nitrogens with zero attached hydrogens (tertiary/aromatic N) is 1. The summed E-state index contributed by atoms with van der Waals surface area (Å²) in [6, 6.07) is 4.05. The van der Waals surface area contributed by atoms with Crippen molar-refractivity contribution in [2.75, 3.05) is 12.4 Å². The minimum atomic E-state index is -3.28. The first-order valence-electron chi connectivity index (χ1n) is 6.27. The smallest absolute Gasteiger partial charge is 0.270 e. The molecule has 0 fully saturated rings. The van der Waals surface area contributed by atoms with E-state index in [1.54, 1.807) is 20.8 Å². The highest BCUT2D eigenvalue weighted by Crippen LogP contribution is 2.26. The first-order valence-corrected chi connectivity index (χ1v) is 8.45. The van der Waals surface area contributed by atoms with Crippen molar-refractivity contribution < 1.29 is 18.1 Å². The van der Waals surface area contributed by atoms with Gasteiger partial charge in [-0.15, -0.1) is 11.6 Å².